The van der Waals surface area contributed by atoms with Gasteiger partial charge >= 0.3 is 0 Å². The SMILES string of the molecule is CC/C(C)=N\c1ccccn1. The highest BCUT2D eigenvalue weighted by Gasteiger charge is 1.88. The molecule has 0 aliphatic rings. The van der Waals surface area contributed by atoms with E-state index in [1.807, 2.05) is 25.1 Å². The summed E-state index contributed by atoms with van der Waals surface area (Å²) in [5.41, 5.74) is 1.11. The van der Waals surface area contributed by atoms with Gasteiger partial charge in [-0.2, -0.15) is 0 Å². The van der Waals surface area contributed by atoms with Crippen molar-refractivity contribution in [2.45, 2.75) is 20.3 Å². The van der Waals surface area contributed by atoms with Gasteiger partial charge < -0.3 is 0 Å². The quantitative estimate of drug-likeness (QED) is 0.592. The van der Waals surface area contributed by atoms with E-state index in [1.165, 1.54) is 0 Å². The van der Waals surface area contributed by atoms with Gasteiger partial charge in [-0.15, -0.1) is 0 Å². The smallest absolute Gasteiger partial charge is 0.151 e. The maximum absolute atomic E-state index is 4.28. The lowest BCUT2D eigenvalue weighted by Crippen LogP contribution is -1.85. The molecule has 1 aromatic heterocycles. The predicted molar refractivity (Wildman–Crippen MR) is 47.3 cm³/mol. The molecule has 0 saturated carbocycles. The number of hydrogen-bond donors (Lipinski definition) is 0. The van der Waals surface area contributed by atoms with Gasteiger partial charge in [0.2, 0.25) is 0 Å². The summed E-state index contributed by atoms with van der Waals surface area (Å²) in [7, 11) is 0. The summed E-state index contributed by atoms with van der Waals surface area (Å²) in [6.45, 7) is 4.09. The van der Waals surface area contributed by atoms with Crippen LogP contribution in [0.5, 0.6) is 0 Å². The van der Waals surface area contributed by atoms with Crippen LogP contribution < -0.4 is 0 Å². The van der Waals surface area contributed by atoms with Crippen molar-refractivity contribution in [2.75, 3.05) is 0 Å². The number of nitrogens with zero attached hydrogens (tertiary/aromatic N) is 2. The van der Waals surface area contributed by atoms with Gasteiger partial charge in [0.05, 0.1) is 0 Å². The minimum atomic E-state index is 0.798. The molecule has 0 spiro atoms. The molecule has 0 fully saturated rings. The van der Waals surface area contributed by atoms with Crippen molar-refractivity contribution in [1.29, 1.82) is 0 Å². The Balaban J connectivity index is 2.79. The monoisotopic (exact) mass is 148 g/mol. The van der Waals surface area contributed by atoms with Crippen LogP contribution in [-0.2, 0) is 0 Å². The Morgan fingerprint density at radius 3 is 2.91 bits per heavy atom. The lowest BCUT2D eigenvalue weighted by molar-refractivity contribution is 1.21. The normalized spacial score (nSPS) is 11.6. The third kappa shape index (κ3) is 2.50. The molecule has 0 amide bonds. The third-order valence-corrected chi connectivity index (χ3v) is 1.47. The highest BCUT2D eigenvalue weighted by atomic mass is 14.9. The molecular formula is C9H12N2. The van der Waals surface area contributed by atoms with E-state index in [0.717, 1.165) is 18.0 Å². The molecule has 58 valence electrons. The van der Waals surface area contributed by atoms with Crippen LogP contribution in [0.15, 0.2) is 29.4 Å². The second kappa shape index (κ2) is 3.86. The van der Waals surface area contributed by atoms with Crippen LogP contribution in [0.3, 0.4) is 0 Å². The molecule has 2 heteroatoms. The summed E-state index contributed by atoms with van der Waals surface area (Å²) in [5, 5.41) is 0. The molecule has 0 aliphatic carbocycles. The van der Waals surface area contributed by atoms with Crippen LogP contribution in [-0.4, -0.2) is 10.7 Å². The molecule has 0 N–H and O–H groups in total. The number of aromatic nitrogens is 1. The molecule has 0 aliphatic heterocycles. The van der Waals surface area contributed by atoms with Gasteiger partial charge in [-0.05, 0) is 25.5 Å². The Hall–Kier alpha value is -1.18. The van der Waals surface area contributed by atoms with Gasteiger partial charge in [0.25, 0.3) is 0 Å². The average molecular weight is 148 g/mol. The Morgan fingerprint density at radius 1 is 1.55 bits per heavy atom. The van der Waals surface area contributed by atoms with Gasteiger partial charge in [-0.3, -0.25) is 0 Å². The Bertz CT molecular complexity index is 239. The predicted octanol–water partition coefficient (Wildman–Crippen LogP) is 2.58. The molecule has 2 nitrogen and oxygen atoms in total. The highest BCUT2D eigenvalue weighted by molar-refractivity contribution is 5.83. The molecular weight excluding hydrogens is 136 g/mol. The van der Waals surface area contributed by atoms with E-state index in [4.69, 9.17) is 0 Å². The van der Waals surface area contributed by atoms with E-state index in [-0.39, 0.29) is 0 Å². The summed E-state index contributed by atoms with van der Waals surface area (Å²) in [6, 6.07) is 5.73. The van der Waals surface area contributed by atoms with Crippen LogP contribution in [0.2, 0.25) is 0 Å². The standard InChI is InChI=1S/C9H12N2/c1-3-8(2)11-9-6-4-5-7-10-9/h4-7H,3H2,1-2H3/b11-8-. The van der Waals surface area contributed by atoms with Gasteiger partial charge in [0.15, 0.2) is 5.82 Å². The first-order valence-electron chi connectivity index (χ1n) is 3.78. The first-order chi connectivity index (χ1) is 5.33. The van der Waals surface area contributed by atoms with Gasteiger partial charge in [-0.1, -0.05) is 13.0 Å². The fraction of sp³-hybridized carbons (Fsp3) is 0.333. The van der Waals surface area contributed by atoms with E-state index in [0.29, 0.717) is 0 Å². The molecule has 0 bridgehead atoms. The van der Waals surface area contributed by atoms with E-state index in [2.05, 4.69) is 16.9 Å². The Kier molecular flexibility index (Phi) is 2.78. The van der Waals surface area contributed by atoms with Gasteiger partial charge in [0.1, 0.15) is 0 Å². The highest BCUT2D eigenvalue weighted by Crippen LogP contribution is 2.05. The maximum atomic E-state index is 4.28. The van der Waals surface area contributed by atoms with Gasteiger partial charge in [-0.25, -0.2) is 9.98 Å². The fourth-order valence-corrected chi connectivity index (χ4v) is 0.694. The number of pyridine rings is 1. The second-order valence-corrected chi connectivity index (χ2v) is 2.39. The number of rotatable bonds is 2. The van der Waals surface area contributed by atoms with E-state index in [1.54, 1.807) is 6.20 Å². The van der Waals surface area contributed by atoms with Crippen molar-refractivity contribution in [3.05, 3.63) is 24.4 Å². The summed E-state index contributed by atoms with van der Waals surface area (Å²) in [6.07, 6.45) is 2.73. The van der Waals surface area contributed by atoms with Crippen molar-refractivity contribution in [3.63, 3.8) is 0 Å². The minimum absolute atomic E-state index is 0.798. The van der Waals surface area contributed by atoms with Crippen molar-refractivity contribution in [2.24, 2.45) is 4.99 Å². The van der Waals surface area contributed by atoms with Crippen LogP contribution >= 0.6 is 0 Å². The summed E-state index contributed by atoms with van der Waals surface area (Å²) < 4.78 is 0. The maximum Gasteiger partial charge on any atom is 0.151 e. The van der Waals surface area contributed by atoms with Crippen molar-refractivity contribution >= 4 is 11.5 Å². The zero-order chi connectivity index (χ0) is 8.10. The minimum Gasteiger partial charge on any atom is -0.238 e. The molecule has 0 radical (unpaired) electrons. The first kappa shape index (κ1) is 7.92. The summed E-state index contributed by atoms with van der Waals surface area (Å²) >= 11 is 0. The Morgan fingerprint density at radius 2 is 2.36 bits per heavy atom. The van der Waals surface area contributed by atoms with Crippen LogP contribution in [0, 0.1) is 0 Å². The van der Waals surface area contributed by atoms with Crippen LogP contribution in [0.1, 0.15) is 20.3 Å². The zero-order valence-corrected chi connectivity index (χ0v) is 6.91. The molecule has 0 unspecified atom stereocenters. The molecule has 0 aromatic carbocycles. The van der Waals surface area contributed by atoms with E-state index in [9.17, 15) is 0 Å². The fourth-order valence-electron chi connectivity index (χ4n) is 0.694. The molecule has 1 heterocycles. The van der Waals surface area contributed by atoms with Crippen LogP contribution in [0.4, 0.5) is 5.82 Å². The zero-order valence-electron chi connectivity index (χ0n) is 6.91. The lowest BCUT2D eigenvalue weighted by Gasteiger charge is -1.93. The lowest BCUT2D eigenvalue weighted by atomic mass is 10.3. The summed E-state index contributed by atoms with van der Waals surface area (Å²) in [4.78, 5) is 8.36. The topological polar surface area (TPSA) is 25.2 Å². The number of aliphatic imine (C=N–C) groups is 1. The molecule has 11 heavy (non-hydrogen) atoms. The first-order valence-corrected chi connectivity index (χ1v) is 3.78. The van der Waals surface area contributed by atoms with Gasteiger partial charge in [0, 0.05) is 11.9 Å². The van der Waals surface area contributed by atoms with Crippen LogP contribution in [0.25, 0.3) is 0 Å². The van der Waals surface area contributed by atoms with Crippen molar-refractivity contribution in [1.82, 2.24) is 4.98 Å². The largest absolute Gasteiger partial charge is 0.238 e. The van der Waals surface area contributed by atoms with E-state index < -0.39 is 0 Å². The second-order valence-electron chi connectivity index (χ2n) is 2.39. The number of hydrogen-bond acceptors (Lipinski definition) is 2. The Labute approximate surface area is 67.0 Å². The molecule has 0 saturated heterocycles. The van der Waals surface area contributed by atoms with Crippen molar-refractivity contribution in [3.8, 4) is 0 Å². The average Bonchev–Trinajstić information content (AvgIpc) is 2.06. The third-order valence-electron chi connectivity index (χ3n) is 1.47. The molecule has 1 aromatic rings. The molecule has 1 rings (SSSR count). The van der Waals surface area contributed by atoms with Crippen molar-refractivity contribution < 1.29 is 0 Å². The molecule has 0 atom stereocenters. The van der Waals surface area contributed by atoms with E-state index >= 15 is 0 Å². The summed E-state index contributed by atoms with van der Waals surface area (Å²) in [5.74, 6) is 0.798.